The van der Waals surface area contributed by atoms with Gasteiger partial charge in [-0.3, -0.25) is 4.79 Å². The van der Waals surface area contributed by atoms with Crippen molar-refractivity contribution in [2.24, 2.45) is 0 Å². The second-order valence-corrected chi connectivity index (χ2v) is 4.54. The van der Waals surface area contributed by atoms with E-state index in [1.807, 2.05) is 54.6 Å². The summed E-state index contributed by atoms with van der Waals surface area (Å²) >= 11 is 0. The van der Waals surface area contributed by atoms with Crippen molar-refractivity contribution in [3.05, 3.63) is 60.2 Å². The maximum atomic E-state index is 11.5. The molecule has 3 aromatic rings. The molecule has 100 valence electrons. The molecule has 1 atom stereocenters. The van der Waals surface area contributed by atoms with E-state index in [0.29, 0.717) is 0 Å². The molecular weight excluding hydrogens is 252 g/mol. The van der Waals surface area contributed by atoms with E-state index in [2.05, 4.69) is 15.6 Å². The quantitative estimate of drug-likeness (QED) is 0.790. The maximum Gasteiger partial charge on any atom is 0.218 e. The highest BCUT2D eigenvalue weighted by molar-refractivity contribution is 5.76. The summed E-state index contributed by atoms with van der Waals surface area (Å²) < 4.78 is 1.73. The smallest absolute Gasteiger partial charge is 0.218 e. The Kier molecular flexibility index (Phi) is 3.16. The number of nitrogens with zero attached hydrogens (tertiary/aromatic N) is 3. The van der Waals surface area contributed by atoms with Crippen molar-refractivity contribution in [2.75, 3.05) is 0 Å². The second-order valence-electron chi connectivity index (χ2n) is 4.54. The zero-order valence-electron chi connectivity index (χ0n) is 11.0. The van der Waals surface area contributed by atoms with Crippen LogP contribution in [0.25, 0.3) is 11.0 Å². The lowest BCUT2D eigenvalue weighted by atomic mass is 10.1. The molecule has 1 N–H and O–H groups in total. The molecule has 0 saturated carbocycles. The van der Waals surface area contributed by atoms with Gasteiger partial charge in [-0.1, -0.05) is 47.7 Å². The number of benzene rings is 2. The first-order valence-corrected chi connectivity index (χ1v) is 6.37. The Morgan fingerprint density at radius 2 is 1.80 bits per heavy atom. The fraction of sp³-hybridized carbons (Fsp3) is 0.133. The molecule has 0 fully saturated rings. The summed E-state index contributed by atoms with van der Waals surface area (Å²) in [6.45, 7) is 1.50. The molecule has 0 saturated heterocycles. The summed E-state index contributed by atoms with van der Waals surface area (Å²) in [5.41, 5.74) is 2.65. The Balaban J connectivity index is 2.12. The molecular formula is C15H14N4O. The fourth-order valence-electron chi connectivity index (χ4n) is 2.19. The minimum absolute atomic E-state index is 0.113. The minimum atomic E-state index is -0.360. The van der Waals surface area contributed by atoms with E-state index in [1.165, 1.54) is 6.92 Å². The van der Waals surface area contributed by atoms with Gasteiger partial charge in [0.1, 0.15) is 5.52 Å². The van der Waals surface area contributed by atoms with Crippen LogP contribution in [-0.2, 0) is 4.79 Å². The molecule has 0 bridgehead atoms. The summed E-state index contributed by atoms with van der Waals surface area (Å²) in [4.78, 5) is 11.5. The molecule has 1 heterocycles. The van der Waals surface area contributed by atoms with Crippen molar-refractivity contribution in [1.82, 2.24) is 20.3 Å². The average molecular weight is 266 g/mol. The maximum absolute atomic E-state index is 11.5. The second kappa shape index (κ2) is 5.13. The predicted octanol–water partition coefficient (Wildman–Crippen LogP) is 2.11. The Bertz CT molecular complexity index is 736. The SMILES string of the molecule is CC(=O)NC(c1ccccc1)n1nnc2ccccc21. The average Bonchev–Trinajstić information content (AvgIpc) is 2.89. The summed E-state index contributed by atoms with van der Waals surface area (Å²) in [7, 11) is 0. The fourth-order valence-corrected chi connectivity index (χ4v) is 2.19. The molecule has 0 radical (unpaired) electrons. The van der Waals surface area contributed by atoms with E-state index in [0.717, 1.165) is 16.6 Å². The molecule has 1 unspecified atom stereocenters. The normalized spacial score (nSPS) is 12.2. The van der Waals surface area contributed by atoms with E-state index in [-0.39, 0.29) is 12.1 Å². The van der Waals surface area contributed by atoms with E-state index in [4.69, 9.17) is 0 Å². The summed E-state index contributed by atoms with van der Waals surface area (Å²) in [5, 5.41) is 11.2. The van der Waals surface area contributed by atoms with Crippen molar-refractivity contribution in [1.29, 1.82) is 0 Å². The van der Waals surface area contributed by atoms with Gasteiger partial charge in [0.15, 0.2) is 6.17 Å². The highest BCUT2D eigenvalue weighted by atomic mass is 16.1. The molecule has 0 aliphatic heterocycles. The third-order valence-electron chi connectivity index (χ3n) is 3.08. The molecule has 1 amide bonds. The molecule has 0 aliphatic rings. The summed E-state index contributed by atoms with van der Waals surface area (Å²) in [6.07, 6.45) is -0.360. The highest BCUT2D eigenvalue weighted by Gasteiger charge is 2.18. The van der Waals surface area contributed by atoms with Crippen LogP contribution >= 0.6 is 0 Å². The van der Waals surface area contributed by atoms with Crippen LogP contribution in [-0.4, -0.2) is 20.9 Å². The van der Waals surface area contributed by atoms with Crippen LogP contribution in [0.15, 0.2) is 54.6 Å². The number of fused-ring (bicyclic) bond motifs is 1. The monoisotopic (exact) mass is 266 g/mol. The third-order valence-corrected chi connectivity index (χ3v) is 3.08. The van der Waals surface area contributed by atoms with Crippen LogP contribution in [0, 0.1) is 0 Å². The highest BCUT2D eigenvalue weighted by Crippen LogP contribution is 2.19. The van der Waals surface area contributed by atoms with Gasteiger partial charge in [-0.15, -0.1) is 5.10 Å². The Labute approximate surface area is 116 Å². The number of aromatic nitrogens is 3. The van der Waals surface area contributed by atoms with Crippen LogP contribution in [0.3, 0.4) is 0 Å². The number of nitrogens with one attached hydrogen (secondary N) is 1. The van der Waals surface area contributed by atoms with Gasteiger partial charge < -0.3 is 5.32 Å². The Morgan fingerprint density at radius 3 is 2.55 bits per heavy atom. The topological polar surface area (TPSA) is 59.8 Å². The number of para-hydroxylation sites is 1. The standard InChI is InChI=1S/C15H14N4O/c1-11(20)16-15(12-7-3-2-4-8-12)19-14-10-6-5-9-13(14)17-18-19/h2-10,15H,1H3,(H,16,20). The summed E-state index contributed by atoms with van der Waals surface area (Å²) in [6, 6.07) is 17.4. The number of hydrogen-bond acceptors (Lipinski definition) is 3. The van der Waals surface area contributed by atoms with Crippen molar-refractivity contribution >= 4 is 16.9 Å². The van der Waals surface area contributed by atoms with Gasteiger partial charge in [0.25, 0.3) is 0 Å². The lowest BCUT2D eigenvalue weighted by Crippen LogP contribution is -2.32. The van der Waals surface area contributed by atoms with E-state index >= 15 is 0 Å². The van der Waals surface area contributed by atoms with Crippen molar-refractivity contribution in [3.8, 4) is 0 Å². The van der Waals surface area contributed by atoms with Crippen molar-refractivity contribution in [2.45, 2.75) is 13.1 Å². The Morgan fingerprint density at radius 1 is 1.10 bits per heavy atom. The number of rotatable bonds is 3. The largest absolute Gasteiger partial charge is 0.331 e. The van der Waals surface area contributed by atoms with Gasteiger partial charge in [-0.05, 0) is 17.7 Å². The number of carbonyl (C=O) groups excluding carboxylic acids is 1. The molecule has 5 nitrogen and oxygen atoms in total. The van der Waals surface area contributed by atoms with Crippen LogP contribution in [0.1, 0.15) is 18.7 Å². The number of amides is 1. The summed E-state index contributed by atoms with van der Waals surface area (Å²) in [5.74, 6) is -0.113. The first kappa shape index (κ1) is 12.3. The molecule has 1 aromatic heterocycles. The van der Waals surface area contributed by atoms with Crippen LogP contribution < -0.4 is 5.32 Å². The molecule has 3 rings (SSSR count). The van der Waals surface area contributed by atoms with Gasteiger partial charge in [0.05, 0.1) is 5.52 Å². The predicted molar refractivity (Wildman–Crippen MR) is 75.9 cm³/mol. The molecule has 20 heavy (non-hydrogen) atoms. The zero-order valence-corrected chi connectivity index (χ0v) is 11.0. The van der Waals surface area contributed by atoms with E-state index < -0.39 is 0 Å². The minimum Gasteiger partial charge on any atom is -0.331 e. The third kappa shape index (κ3) is 2.25. The van der Waals surface area contributed by atoms with Crippen molar-refractivity contribution < 1.29 is 4.79 Å². The van der Waals surface area contributed by atoms with E-state index in [1.54, 1.807) is 4.68 Å². The molecule has 0 aliphatic carbocycles. The molecule has 0 spiro atoms. The zero-order chi connectivity index (χ0) is 13.9. The molecule has 2 aromatic carbocycles. The van der Waals surface area contributed by atoms with Crippen LogP contribution in [0.4, 0.5) is 0 Å². The van der Waals surface area contributed by atoms with Gasteiger partial charge >= 0.3 is 0 Å². The van der Waals surface area contributed by atoms with Gasteiger partial charge in [0.2, 0.25) is 5.91 Å². The van der Waals surface area contributed by atoms with Gasteiger partial charge in [0, 0.05) is 6.92 Å². The first-order valence-electron chi connectivity index (χ1n) is 6.37. The lowest BCUT2D eigenvalue weighted by molar-refractivity contribution is -0.119. The Hall–Kier alpha value is -2.69. The number of carbonyl (C=O) groups is 1. The molecule has 5 heteroatoms. The van der Waals surface area contributed by atoms with Crippen LogP contribution in [0.5, 0.6) is 0 Å². The first-order chi connectivity index (χ1) is 9.75. The van der Waals surface area contributed by atoms with Gasteiger partial charge in [-0.25, -0.2) is 4.68 Å². The van der Waals surface area contributed by atoms with Crippen LogP contribution in [0.2, 0.25) is 0 Å². The lowest BCUT2D eigenvalue weighted by Gasteiger charge is -2.19. The van der Waals surface area contributed by atoms with Crippen molar-refractivity contribution in [3.63, 3.8) is 0 Å². The van der Waals surface area contributed by atoms with E-state index in [9.17, 15) is 4.79 Å². The van der Waals surface area contributed by atoms with Gasteiger partial charge in [-0.2, -0.15) is 0 Å². The number of hydrogen-bond donors (Lipinski definition) is 1.